The highest BCUT2D eigenvalue weighted by molar-refractivity contribution is 9.10. The van der Waals surface area contributed by atoms with E-state index >= 15 is 0 Å². The number of carbonyl (C=O) groups excluding carboxylic acids is 1. The van der Waals surface area contributed by atoms with Gasteiger partial charge in [0.2, 0.25) is 10.0 Å². The first-order valence-electron chi connectivity index (χ1n) is 7.72. The van der Waals surface area contributed by atoms with Gasteiger partial charge in [-0.3, -0.25) is 4.79 Å². The molecule has 0 atom stereocenters. The Labute approximate surface area is 154 Å². The van der Waals surface area contributed by atoms with Crippen molar-refractivity contribution in [3.63, 3.8) is 0 Å². The summed E-state index contributed by atoms with van der Waals surface area (Å²) in [6.45, 7) is 0.989. The van der Waals surface area contributed by atoms with Crippen LogP contribution in [0.4, 0.5) is 0 Å². The molecule has 1 N–H and O–H groups in total. The van der Waals surface area contributed by atoms with Crippen molar-refractivity contribution in [1.29, 1.82) is 0 Å². The van der Waals surface area contributed by atoms with E-state index in [1.807, 2.05) is 0 Å². The zero-order valence-electron chi connectivity index (χ0n) is 13.3. The van der Waals surface area contributed by atoms with Gasteiger partial charge in [0.1, 0.15) is 5.75 Å². The van der Waals surface area contributed by atoms with Crippen molar-refractivity contribution in [2.24, 2.45) is 0 Å². The van der Waals surface area contributed by atoms with Crippen LogP contribution in [0.2, 0.25) is 0 Å². The minimum Gasteiger partial charge on any atom is -0.507 e. The van der Waals surface area contributed by atoms with Crippen molar-refractivity contribution >= 4 is 31.9 Å². The Morgan fingerprint density at radius 3 is 2.28 bits per heavy atom. The molecule has 3 rings (SSSR count). The number of phenols is 1. The van der Waals surface area contributed by atoms with Crippen LogP contribution in [0.1, 0.15) is 10.4 Å². The van der Waals surface area contributed by atoms with Gasteiger partial charge in [0.15, 0.2) is 0 Å². The Balaban J connectivity index is 1.72. The molecule has 0 aliphatic carbocycles. The number of piperazine rings is 1. The fourth-order valence-corrected chi connectivity index (χ4v) is 4.53. The summed E-state index contributed by atoms with van der Waals surface area (Å²) in [6, 6.07) is 12.9. The van der Waals surface area contributed by atoms with E-state index < -0.39 is 10.0 Å². The van der Waals surface area contributed by atoms with Crippen molar-refractivity contribution in [3.05, 3.63) is 58.6 Å². The molecule has 0 unspecified atom stereocenters. The lowest BCUT2D eigenvalue weighted by Gasteiger charge is -2.34. The number of phenolic OH excluding ortho intramolecular Hbond substituents is 1. The Morgan fingerprint density at radius 1 is 1.00 bits per heavy atom. The van der Waals surface area contributed by atoms with Crippen LogP contribution in [-0.4, -0.2) is 54.8 Å². The summed E-state index contributed by atoms with van der Waals surface area (Å²) >= 11 is 3.28. The highest BCUT2D eigenvalue weighted by Gasteiger charge is 2.30. The van der Waals surface area contributed by atoms with E-state index in [0.29, 0.717) is 4.47 Å². The van der Waals surface area contributed by atoms with Gasteiger partial charge in [-0.2, -0.15) is 4.31 Å². The molecule has 1 aliphatic rings. The monoisotopic (exact) mass is 424 g/mol. The van der Waals surface area contributed by atoms with Gasteiger partial charge in [0.05, 0.1) is 10.5 Å². The van der Waals surface area contributed by atoms with E-state index in [-0.39, 0.29) is 48.3 Å². The van der Waals surface area contributed by atoms with Crippen LogP contribution in [0.3, 0.4) is 0 Å². The van der Waals surface area contributed by atoms with Gasteiger partial charge in [-0.15, -0.1) is 0 Å². The second-order valence-corrected chi connectivity index (χ2v) is 8.52. The minimum absolute atomic E-state index is 0.0902. The molecule has 1 aliphatic heterocycles. The molecule has 25 heavy (non-hydrogen) atoms. The molecule has 0 radical (unpaired) electrons. The maximum Gasteiger partial charge on any atom is 0.257 e. The lowest BCUT2D eigenvalue weighted by atomic mass is 10.1. The molecule has 8 heteroatoms. The quantitative estimate of drug-likeness (QED) is 0.819. The predicted molar refractivity (Wildman–Crippen MR) is 96.9 cm³/mol. The highest BCUT2D eigenvalue weighted by atomic mass is 79.9. The fraction of sp³-hybridized carbons (Fsp3) is 0.235. The van der Waals surface area contributed by atoms with E-state index in [4.69, 9.17) is 0 Å². The lowest BCUT2D eigenvalue weighted by Crippen LogP contribution is -2.50. The summed E-state index contributed by atoms with van der Waals surface area (Å²) in [5.41, 5.74) is 0.203. The molecule has 0 saturated carbocycles. The van der Waals surface area contributed by atoms with Crippen LogP contribution in [-0.2, 0) is 10.0 Å². The van der Waals surface area contributed by atoms with Crippen LogP contribution in [0.15, 0.2) is 57.9 Å². The summed E-state index contributed by atoms with van der Waals surface area (Å²) in [5, 5.41) is 9.89. The third-order valence-corrected chi connectivity index (χ3v) is 6.50. The normalized spacial score (nSPS) is 16.0. The number of amides is 1. The van der Waals surface area contributed by atoms with Crippen molar-refractivity contribution in [3.8, 4) is 5.75 Å². The van der Waals surface area contributed by atoms with Crippen LogP contribution in [0.5, 0.6) is 5.75 Å². The molecule has 1 amide bonds. The van der Waals surface area contributed by atoms with Gasteiger partial charge in [0, 0.05) is 30.7 Å². The van der Waals surface area contributed by atoms with Gasteiger partial charge in [-0.05, 0) is 30.3 Å². The zero-order chi connectivity index (χ0) is 18.0. The van der Waals surface area contributed by atoms with E-state index in [1.165, 1.54) is 10.4 Å². The topological polar surface area (TPSA) is 77.9 Å². The van der Waals surface area contributed by atoms with Gasteiger partial charge >= 0.3 is 0 Å². The van der Waals surface area contributed by atoms with Crippen LogP contribution >= 0.6 is 15.9 Å². The molecule has 2 aromatic carbocycles. The number of aromatic hydroxyl groups is 1. The largest absolute Gasteiger partial charge is 0.507 e. The van der Waals surface area contributed by atoms with Gasteiger partial charge in [-0.25, -0.2) is 8.42 Å². The molecule has 0 aromatic heterocycles. The van der Waals surface area contributed by atoms with Crippen LogP contribution in [0.25, 0.3) is 0 Å². The summed E-state index contributed by atoms with van der Waals surface area (Å²) in [5.74, 6) is -0.400. The lowest BCUT2D eigenvalue weighted by molar-refractivity contribution is 0.0695. The zero-order valence-corrected chi connectivity index (χ0v) is 15.7. The van der Waals surface area contributed by atoms with E-state index in [9.17, 15) is 18.3 Å². The molecular formula is C17H17BrN2O4S. The van der Waals surface area contributed by atoms with Gasteiger partial charge in [-0.1, -0.05) is 34.1 Å². The molecular weight excluding hydrogens is 408 g/mol. The first kappa shape index (κ1) is 17.9. The summed E-state index contributed by atoms with van der Waals surface area (Å²) < 4.78 is 27.3. The average Bonchev–Trinajstić information content (AvgIpc) is 2.64. The first-order valence-corrected chi connectivity index (χ1v) is 9.96. The smallest absolute Gasteiger partial charge is 0.257 e. The third-order valence-electron chi connectivity index (χ3n) is 4.10. The number of benzene rings is 2. The highest BCUT2D eigenvalue weighted by Crippen LogP contribution is 2.24. The number of hydrogen-bond donors (Lipinski definition) is 1. The molecule has 1 heterocycles. The van der Waals surface area contributed by atoms with Gasteiger partial charge in [0.25, 0.3) is 5.91 Å². The SMILES string of the molecule is O=C(c1cc(Br)ccc1O)N1CCN(S(=O)(=O)c2ccccc2)CC1. The molecule has 1 fully saturated rings. The van der Waals surface area contributed by atoms with Gasteiger partial charge < -0.3 is 10.0 Å². The van der Waals surface area contributed by atoms with Crippen LogP contribution in [0, 0.1) is 0 Å². The maximum atomic E-state index is 12.6. The summed E-state index contributed by atoms with van der Waals surface area (Å²) in [4.78, 5) is 14.4. The van der Waals surface area contributed by atoms with E-state index in [1.54, 1.807) is 47.4 Å². The number of sulfonamides is 1. The fourth-order valence-electron chi connectivity index (χ4n) is 2.72. The van der Waals surface area contributed by atoms with E-state index in [2.05, 4.69) is 15.9 Å². The van der Waals surface area contributed by atoms with E-state index in [0.717, 1.165) is 0 Å². The van der Waals surface area contributed by atoms with Crippen molar-refractivity contribution in [2.45, 2.75) is 4.90 Å². The summed E-state index contributed by atoms with van der Waals surface area (Å²) in [7, 11) is -3.55. The molecule has 6 nitrogen and oxygen atoms in total. The third kappa shape index (κ3) is 3.70. The number of carbonyl (C=O) groups is 1. The Morgan fingerprint density at radius 2 is 1.64 bits per heavy atom. The minimum atomic E-state index is -3.55. The second-order valence-electron chi connectivity index (χ2n) is 5.67. The molecule has 2 aromatic rings. The van der Waals surface area contributed by atoms with Crippen molar-refractivity contribution < 1.29 is 18.3 Å². The molecule has 0 bridgehead atoms. The van der Waals surface area contributed by atoms with Crippen molar-refractivity contribution in [1.82, 2.24) is 9.21 Å². The second kappa shape index (κ2) is 7.15. The Kier molecular flexibility index (Phi) is 5.12. The number of nitrogens with zero attached hydrogens (tertiary/aromatic N) is 2. The molecule has 0 spiro atoms. The summed E-state index contributed by atoms with van der Waals surface area (Å²) in [6.07, 6.45) is 0. The standard InChI is InChI=1S/C17H17BrN2O4S/c18-13-6-7-16(21)15(12-13)17(22)19-8-10-20(11-9-19)25(23,24)14-4-2-1-3-5-14/h1-7,12,21H,8-11H2. The van der Waals surface area contributed by atoms with Crippen molar-refractivity contribution in [2.75, 3.05) is 26.2 Å². The number of hydrogen-bond acceptors (Lipinski definition) is 4. The average molecular weight is 425 g/mol. The van der Waals surface area contributed by atoms with Crippen LogP contribution < -0.4 is 0 Å². The Bertz CT molecular complexity index is 879. The first-order chi connectivity index (χ1) is 11.9. The number of halogens is 1. The molecule has 1 saturated heterocycles. The Hall–Kier alpha value is -1.90. The number of rotatable bonds is 3. The predicted octanol–water partition coefficient (Wildman–Crippen LogP) is 2.30. The molecule has 132 valence electrons. The maximum absolute atomic E-state index is 12.6.